The van der Waals surface area contributed by atoms with E-state index in [1.165, 1.54) is 7.11 Å². The number of ether oxygens (including phenoxy) is 3. The van der Waals surface area contributed by atoms with Crippen molar-refractivity contribution in [1.29, 1.82) is 0 Å². The number of hydrogen-bond donors (Lipinski definition) is 1. The first kappa shape index (κ1) is 14.8. The monoisotopic (exact) mass is 293 g/mol. The number of nitrogens with zero attached hydrogens (tertiary/aromatic N) is 2. The van der Waals surface area contributed by atoms with Crippen molar-refractivity contribution in [3.8, 4) is 17.4 Å². The number of methoxy groups -OCH3 is 3. The molecule has 0 bridgehead atoms. The van der Waals surface area contributed by atoms with Gasteiger partial charge < -0.3 is 19.5 Å². The van der Waals surface area contributed by atoms with E-state index in [9.17, 15) is 4.39 Å². The van der Waals surface area contributed by atoms with Crippen LogP contribution in [-0.2, 0) is 6.54 Å². The molecule has 0 aliphatic rings. The molecule has 1 aromatic heterocycles. The summed E-state index contributed by atoms with van der Waals surface area (Å²) in [5.74, 6) is 0.868. The quantitative estimate of drug-likeness (QED) is 0.881. The summed E-state index contributed by atoms with van der Waals surface area (Å²) in [5, 5.41) is 2.99. The molecule has 1 heterocycles. The van der Waals surface area contributed by atoms with Crippen molar-refractivity contribution in [1.82, 2.24) is 9.97 Å². The molecule has 0 saturated heterocycles. The van der Waals surface area contributed by atoms with Crippen molar-refractivity contribution in [3.05, 3.63) is 35.8 Å². The number of hydrogen-bond acceptors (Lipinski definition) is 6. The lowest BCUT2D eigenvalue weighted by molar-refractivity contribution is 0.354. The maximum Gasteiger partial charge on any atom is 0.255 e. The average Bonchev–Trinajstić information content (AvgIpc) is 2.53. The fraction of sp³-hybridized carbons (Fsp3) is 0.286. The zero-order valence-electron chi connectivity index (χ0n) is 12.0. The largest absolute Gasteiger partial charge is 0.493 e. The summed E-state index contributed by atoms with van der Waals surface area (Å²) in [5.41, 5.74) is 0.944. The first-order chi connectivity index (χ1) is 10.2. The first-order valence-electron chi connectivity index (χ1n) is 6.19. The molecule has 0 atom stereocenters. The molecular formula is C14H16FN3O3. The average molecular weight is 293 g/mol. The Kier molecular flexibility index (Phi) is 4.76. The molecule has 0 aliphatic carbocycles. The Morgan fingerprint density at radius 3 is 2.52 bits per heavy atom. The van der Waals surface area contributed by atoms with Gasteiger partial charge in [-0.1, -0.05) is 6.07 Å². The normalized spacial score (nSPS) is 10.1. The van der Waals surface area contributed by atoms with Crippen LogP contribution in [0.25, 0.3) is 0 Å². The van der Waals surface area contributed by atoms with Crippen LogP contribution in [0.15, 0.2) is 24.4 Å². The molecule has 0 aliphatic heterocycles. The Morgan fingerprint density at radius 1 is 1.10 bits per heavy atom. The van der Waals surface area contributed by atoms with E-state index < -0.39 is 5.82 Å². The molecule has 6 nitrogen and oxygen atoms in total. The highest BCUT2D eigenvalue weighted by atomic mass is 19.1. The van der Waals surface area contributed by atoms with Gasteiger partial charge in [-0.05, 0) is 17.7 Å². The van der Waals surface area contributed by atoms with Crippen LogP contribution >= 0.6 is 0 Å². The molecule has 0 saturated carbocycles. The second-order valence-electron chi connectivity index (χ2n) is 4.09. The summed E-state index contributed by atoms with van der Waals surface area (Å²) >= 11 is 0. The minimum absolute atomic E-state index is 0.0974. The minimum Gasteiger partial charge on any atom is -0.493 e. The Balaban J connectivity index is 2.09. The summed E-state index contributed by atoms with van der Waals surface area (Å²) in [7, 11) is 4.50. The highest BCUT2D eigenvalue weighted by Crippen LogP contribution is 2.27. The molecule has 7 heteroatoms. The molecule has 2 aromatic rings. The van der Waals surface area contributed by atoms with Gasteiger partial charge in [0.25, 0.3) is 5.88 Å². The maximum atomic E-state index is 13.2. The van der Waals surface area contributed by atoms with Gasteiger partial charge in [-0.15, -0.1) is 0 Å². The Bertz CT molecular complexity index is 622. The number of halogens is 1. The van der Waals surface area contributed by atoms with E-state index in [1.807, 2.05) is 18.2 Å². The predicted molar refractivity (Wildman–Crippen MR) is 75.4 cm³/mol. The molecular weight excluding hydrogens is 277 g/mol. The SMILES string of the molecule is COc1ccc(CNc2ncc(F)c(OC)n2)cc1OC. The summed E-state index contributed by atoms with van der Waals surface area (Å²) in [6, 6.07) is 5.53. The van der Waals surface area contributed by atoms with Crippen molar-refractivity contribution in [2.75, 3.05) is 26.6 Å². The van der Waals surface area contributed by atoms with Crippen molar-refractivity contribution >= 4 is 5.95 Å². The van der Waals surface area contributed by atoms with Crippen molar-refractivity contribution in [2.45, 2.75) is 6.54 Å². The number of nitrogens with one attached hydrogen (secondary N) is 1. The smallest absolute Gasteiger partial charge is 0.255 e. The fourth-order valence-electron chi connectivity index (χ4n) is 1.75. The van der Waals surface area contributed by atoms with E-state index in [2.05, 4.69) is 15.3 Å². The van der Waals surface area contributed by atoms with Gasteiger partial charge in [-0.25, -0.2) is 4.98 Å². The predicted octanol–water partition coefficient (Wildman–Crippen LogP) is 2.25. The summed E-state index contributed by atoms with van der Waals surface area (Å²) in [4.78, 5) is 7.75. The Labute approximate surface area is 121 Å². The molecule has 21 heavy (non-hydrogen) atoms. The van der Waals surface area contributed by atoms with Crippen molar-refractivity contribution < 1.29 is 18.6 Å². The topological polar surface area (TPSA) is 65.5 Å². The molecule has 0 fully saturated rings. The first-order valence-corrected chi connectivity index (χ1v) is 6.19. The molecule has 0 unspecified atom stereocenters. The molecule has 0 spiro atoms. The lowest BCUT2D eigenvalue weighted by Gasteiger charge is -2.10. The van der Waals surface area contributed by atoms with E-state index in [-0.39, 0.29) is 11.8 Å². The van der Waals surface area contributed by atoms with Gasteiger partial charge in [0.05, 0.1) is 27.5 Å². The van der Waals surface area contributed by atoms with Crippen LogP contribution in [0, 0.1) is 5.82 Å². The molecule has 1 aromatic carbocycles. The van der Waals surface area contributed by atoms with Crippen molar-refractivity contribution in [2.24, 2.45) is 0 Å². The van der Waals surface area contributed by atoms with Gasteiger partial charge in [0, 0.05) is 6.54 Å². The van der Waals surface area contributed by atoms with Gasteiger partial charge in [0.15, 0.2) is 11.5 Å². The number of rotatable bonds is 6. The number of aromatic nitrogens is 2. The van der Waals surface area contributed by atoms with Crippen LogP contribution in [0.3, 0.4) is 0 Å². The molecule has 1 N–H and O–H groups in total. The standard InChI is InChI=1S/C14H16FN3O3/c1-19-11-5-4-9(6-12(11)20-2)7-16-14-17-8-10(15)13(18-14)21-3/h4-6,8H,7H2,1-3H3,(H,16,17,18). The van der Waals surface area contributed by atoms with E-state index in [1.54, 1.807) is 14.2 Å². The van der Waals surface area contributed by atoms with Crippen LogP contribution in [-0.4, -0.2) is 31.3 Å². The zero-order chi connectivity index (χ0) is 15.2. The zero-order valence-corrected chi connectivity index (χ0v) is 12.0. The Hall–Kier alpha value is -2.57. The molecule has 2 rings (SSSR count). The van der Waals surface area contributed by atoms with Crippen LogP contribution < -0.4 is 19.5 Å². The van der Waals surface area contributed by atoms with E-state index >= 15 is 0 Å². The number of benzene rings is 1. The van der Waals surface area contributed by atoms with Gasteiger partial charge >= 0.3 is 0 Å². The van der Waals surface area contributed by atoms with E-state index in [4.69, 9.17) is 14.2 Å². The number of anilines is 1. The van der Waals surface area contributed by atoms with Gasteiger partial charge in [-0.2, -0.15) is 9.37 Å². The lowest BCUT2D eigenvalue weighted by Crippen LogP contribution is -2.05. The third kappa shape index (κ3) is 3.50. The van der Waals surface area contributed by atoms with E-state index in [0.29, 0.717) is 18.0 Å². The third-order valence-electron chi connectivity index (χ3n) is 2.80. The third-order valence-corrected chi connectivity index (χ3v) is 2.80. The highest BCUT2D eigenvalue weighted by molar-refractivity contribution is 5.43. The minimum atomic E-state index is -0.603. The highest BCUT2D eigenvalue weighted by Gasteiger charge is 2.08. The van der Waals surface area contributed by atoms with E-state index in [0.717, 1.165) is 11.8 Å². The van der Waals surface area contributed by atoms with Crippen LogP contribution in [0.5, 0.6) is 17.4 Å². The van der Waals surface area contributed by atoms with Gasteiger partial charge in [0.2, 0.25) is 11.8 Å². The Morgan fingerprint density at radius 2 is 1.86 bits per heavy atom. The molecule has 0 radical (unpaired) electrons. The molecule has 0 amide bonds. The van der Waals surface area contributed by atoms with Crippen molar-refractivity contribution in [3.63, 3.8) is 0 Å². The fourth-order valence-corrected chi connectivity index (χ4v) is 1.75. The van der Waals surface area contributed by atoms with Gasteiger partial charge in [0.1, 0.15) is 0 Å². The second kappa shape index (κ2) is 6.74. The van der Waals surface area contributed by atoms with Gasteiger partial charge in [-0.3, -0.25) is 0 Å². The van der Waals surface area contributed by atoms with Crippen LogP contribution in [0.4, 0.5) is 10.3 Å². The maximum absolute atomic E-state index is 13.2. The summed E-state index contributed by atoms with van der Waals surface area (Å²) in [6.07, 6.45) is 1.06. The molecule has 112 valence electrons. The van der Waals surface area contributed by atoms with Crippen LogP contribution in [0.1, 0.15) is 5.56 Å². The summed E-state index contributed by atoms with van der Waals surface area (Å²) in [6.45, 7) is 0.454. The lowest BCUT2D eigenvalue weighted by atomic mass is 10.2. The summed E-state index contributed by atoms with van der Waals surface area (Å²) < 4.78 is 28.4. The second-order valence-corrected chi connectivity index (χ2v) is 4.09. The van der Waals surface area contributed by atoms with Crippen LogP contribution in [0.2, 0.25) is 0 Å².